The fraction of sp³-hybridized carbons (Fsp3) is 0.273. The number of hydrogen-bond acceptors (Lipinski definition) is 2. The Morgan fingerprint density at radius 3 is 2.87 bits per heavy atom. The second-order valence-electron chi connectivity index (χ2n) is 3.63. The predicted molar refractivity (Wildman–Crippen MR) is 56.2 cm³/mol. The van der Waals surface area contributed by atoms with Gasteiger partial charge < -0.3 is 11.1 Å². The summed E-state index contributed by atoms with van der Waals surface area (Å²) in [4.78, 5) is 22.2. The maximum Gasteiger partial charge on any atom is 0.232 e. The number of carbonyl (C=O) groups is 2. The van der Waals surface area contributed by atoms with Gasteiger partial charge in [0.05, 0.1) is 5.92 Å². The molecule has 4 heteroatoms. The SMILES string of the molecule is NC(=O)CCC1C(=O)Nc2ccccc21. The van der Waals surface area contributed by atoms with Crippen LogP contribution in [0.15, 0.2) is 24.3 Å². The van der Waals surface area contributed by atoms with Gasteiger partial charge in [0, 0.05) is 12.1 Å². The van der Waals surface area contributed by atoms with Crippen molar-refractivity contribution in [2.45, 2.75) is 18.8 Å². The van der Waals surface area contributed by atoms with Crippen molar-refractivity contribution in [2.75, 3.05) is 5.32 Å². The Labute approximate surface area is 87.5 Å². The van der Waals surface area contributed by atoms with Crippen LogP contribution in [0.2, 0.25) is 0 Å². The number of para-hydroxylation sites is 1. The molecule has 78 valence electrons. The Hall–Kier alpha value is -1.84. The molecule has 4 nitrogen and oxygen atoms in total. The predicted octanol–water partition coefficient (Wildman–Crippen LogP) is 0.988. The third kappa shape index (κ3) is 1.83. The summed E-state index contributed by atoms with van der Waals surface area (Å²) in [5.41, 5.74) is 6.87. The van der Waals surface area contributed by atoms with Crippen molar-refractivity contribution in [1.29, 1.82) is 0 Å². The van der Waals surface area contributed by atoms with E-state index < -0.39 is 0 Å². The van der Waals surface area contributed by atoms with E-state index in [-0.39, 0.29) is 24.2 Å². The van der Waals surface area contributed by atoms with Crippen LogP contribution in [0.5, 0.6) is 0 Å². The zero-order chi connectivity index (χ0) is 10.8. The molecule has 1 aliphatic rings. The van der Waals surface area contributed by atoms with E-state index in [0.717, 1.165) is 11.3 Å². The maximum absolute atomic E-state index is 11.6. The second kappa shape index (κ2) is 3.73. The summed E-state index contributed by atoms with van der Waals surface area (Å²) in [6, 6.07) is 7.52. The lowest BCUT2D eigenvalue weighted by Gasteiger charge is -2.06. The highest BCUT2D eigenvalue weighted by atomic mass is 16.2. The molecule has 1 unspecified atom stereocenters. The number of hydrogen-bond donors (Lipinski definition) is 2. The topological polar surface area (TPSA) is 72.2 Å². The van der Waals surface area contributed by atoms with E-state index in [2.05, 4.69) is 5.32 Å². The summed E-state index contributed by atoms with van der Waals surface area (Å²) in [5, 5.41) is 2.78. The molecule has 15 heavy (non-hydrogen) atoms. The lowest BCUT2D eigenvalue weighted by atomic mass is 9.96. The van der Waals surface area contributed by atoms with Crippen molar-refractivity contribution in [3.8, 4) is 0 Å². The largest absolute Gasteiger partial charge is 0.370 e. The number of benzene rings is 1. The van der Waals surface area contributed by atoms with E-state index in [0.29, 0.717) is 6.42 Å². The van der Waals surface area contributed by atoms with Crippen molar-refractivity contribution in [3.63, 3.8) is 0 Å². The maximum atomic E-state index is 11.6. The Balaban J connectivity index is 2.18. The Morgan fingerprint density at radius 1 is 1.40 bits per heavy atom. The Bertz CT molecular complexity index is 415. The zero-order valence-corrected chi connectivity index (χ0v) is 8.19. The number of fused-ring (bicyclic) bond motifs is 1. The molecule has 0 spiro atoms. The molecule has 0 aromatic heterocycles. The van der Waals surface area contributed by atoms with Crippen LogP contribution in [0.1, 0.15) is 24.3 Å². The first-order valence-corrected chi connectivity index (χ1v) is 4.86. The van der Waals surface area contributed by atoms with Gasteiger partial charge in [0.25, 0.3) is 0 Å². The zero-order valence-electron chi connectivity index (χ0n) is 8.19. The van der Waals surface area contributed by atoms with Crippen molar-refractivity contribution in [3.05, 3.63) is 29.8 Å². The van der Waals surface area contributed by atoms with Crippen molar-refractivity contribution < 1.29 is 9.59 Å². The van der Waals surface area contributed by atoms with Gasteiger partial charge in [-0.05, 0) is 18.1 Å². The van der Waals surface area contributed by atoms with Gasteiger partial charge in [0.15, 0.2) is 0 Å². The van der Waals surface area contributed by atoms with E-state index in [4.69, 9.17) is 5.73 Å². The van der Waals surface area contributed by atoms with Gasteiger partial charge in [0.2, 0.25) is 11.8 Å². The lowest BCUT2D eigenvalue weighted by Crippen LogP contribution is -2.16. The number of rotatable bonds is 3. The standard InChI is InChI=1S/C11H12N2O2/c12-10(14)6-5-8-7-3-1-2-4-9(7)13-11(8)15/h1-4,8H,5-6H2,(H2,12,14)(H,13,15). The summed E-state index contributed by atoms with van der Waals surface area (Å²) >= 11 is 0. The van der Waals surface area contributed by atoms with E-state index >= 15 is 0 Å². The summed E-state index contributed by atoms with van der Waals surface area (Å²) in [6.07, 6.45) is 0.727. The fourth-order valence-corrected chi connectivity index (χ4v) is 1.85. The van der Waals surface area contributed by atoms with E-state index in [1.54, 1.807) is 0 Å². The van der Waals surface area contributed by atoms with E-state index in [1.807, 2.05) is 24.3 Å². The first-order valence-electron chi connectivity index (χ1n) is 4.86. The van der Waals surface area contributed by atoms with Crippen LogP contribution in [0.4, 0.5) is 5.69 Å². The quantitative estimate of drug-likeness (QED) is 0.770. The van der Waals surface area contributed by atoms with E-state index in [9.17, 15) is 9.59 Å². The van der Waals surface area contributed by atoms with Gasteiger partial charge in [-0.1, -0.05) is 18.2 Å². The average molecular weight is 204 g/mol. The summed E-state index contributed by atoms with van der Waals surface area (Å²) in [5.74, 6) is -0.640. The number of nitrogens with one attached hydrogen (secondary N) is 1. The van der Waals surface area contributed by atoms with Crippen LogP contribution < -0.4 is 11.1 Å². The second-order valence-corrected chi connectivity index (χ2v) is 3.63. The third-order valence-corrected chi connectivity index (χ3v) is 2.59. The molecular formula is C11H12N2O2. The molecule has 1 aromatic rings. The molecule has 2 rings (SSSR count). The van der Waals surface area contributed by atoms with Crippen LogP contribution in [0, 0.1) is 0 Å². The van der Waals surface area contributed by atoms with Crippen molar-refractivity contribution >= 4 is 17.5 Å². The van der Waals surface area contributed by atoms with Crippen molar-refractivity contribution in [2.24, 2.45) is 5.73 Å². The Kier molecular flexibility index (Phi) is 2.41. The minimum atomic E-state index is -0.368. The summed E-state index contributed by atoms with van der Waals surface area (Å²) in [7, 11) is 0. The normalized spacial score (nSPS) is 18.4. The molecule has 2 amide bonds. The van der Waals surface area contributed by atoms with Crippen LogP contribution >= 0.6 is 0 Å². The van der Waals surface area contributed by atoms with Crippen LogP contribution in [-0.4, -0.2) is 11.8 Å². The molecular weight excluding hydrogens is 192 g/mol. The highest BCUT2D eigenvalue weighted by molar-refractivity contribution is 6.03. The van der Waals surface area contributed by atoms with Crippen LogP contribution in [0.25, 0.3) is 0 Å². The molecule has 0 saturated carbocycles. The number of nitrogens with two attached hydrogens (primary N) is 1. The molecule has 0 saturated heterocycles. The molecule has 1 heterocycles. The van der Waals surface area contributed by atoms with Gasteiger partial charge in [-0.25, -0.2) is 0 Å². The van der Waals surface area contributed by atoms with Crippen LogP contribution in [0.3, 0.4) is 0 Å². The average Bonchev–Trinajstić information content (AvgIpc) is 2.50. The highest BCUT2D eigenvalue weighted by Gasteiger charge is 2.29. The number of amides is 2. The number of carbonyl (C=O) groups excluding carboxylic acids is 2. The van der Waals surface area contributed by atoms with Gasteiger partial charge >= 0.3 is 0 Å². The molecule has 1 aliphatic heterocycles. The summed E-state index contributed by atoms with van der Waals surface area (Å²) < 4.78 is 0. The smallest absolute Gasteiger partial charge is 0.232 e. The molecule has 0 fully saturated rings. The highest BCUT2D eigenvalue weighted by Crippen LogP contribution is 2.34. The number of anilines is 1. The molecule has 1 atom stereocenters. The van der Waals surface area contributed by atoms with Gasteiger partial charge in [-0.2, -0.15) is 0 Å². The van der Waals surface area contributed by atoms with Crippen molar-refractivity contribution in [1.82, 2.24) is 0 Å². The van der Waals surface area contributed by atoms with Gasteiger partial charge in [-0.3, -0.25) is 9.59 Å². The van der Waals surface area contributed by atoms with Gasteiger partial charge in [-0.15, -0.1) is 0 Å². The fourth-order valence-electron chi connectivity index (χ4n) is 1.85. The summed E-state index contributed by atoms with van der Waals surface area (Å²) in [6.45, 7) is 0. The minimum Gasteiger partial charge on any atom is -0.370 e. The number of primary amides is 1. The first-order chi connectivity index (χ1) is 7.18. The molecule has 1 aromatic carbocycles. The molecule has 0 radical (unpaired) electrons. The third-order valence-electron chi connectivity index (χ3n) is 2.59. The van der Waals surface area contributed by atoms with Crippen LogP contribution in [-0.2, 0) is 9.59 Å². The molecule has 0 bridgehead atoms. The monoisotopic (exact) mass is 204 g/mol. The van der Waals surface area contributed by atoms with Gasteiger partial charge in [0.1, 0.15) is 0 Å². The Morgan fingerprint density at radius 2 is 2.13 bits per heavy atom. The molecule has 3 N–H and O–H groups in total. The first kappa shape index (κ1) is 9.71. The lowest BCUT2D eigenvalue weighted by molar-refractivity contribution is -0.119. The minimum absolute atomic E-state index is 0.0440. The van der Waals surface area contributed by atoms with E-state index in [1.165, 1.54) is 0 Å². The molecule has 0 aliphatic carbocycles.